The van der Waals surface area contributed by atoms with Crippen molar-refractivity contribution < 1.29 is 4.79 Å². The Balaban J connectivity index is 1.39. The van der Waals surface area contributed by atoms with Crippen LogP contribution >= 0.6 is 0 Å². The van der Waals surface area contributed by atoms with Gasteiger partial charge in [0, 0.05) is 30.0 Å². The standard InChI is InChI=1S/C28H36N2O/c1-17-5-7-18(8-6-17)26-21-16-28(3)19(15-24(21)29-30(26)4)9-10-20-22-11-12-25(31)27(22,2)14-13-23(20)28/h5-8,19-20,22-23H,9-16H2,1-4H3/t19-,20-,22-,23-,27-,28-/m0/s1. The van der Waals surface area contributed by atoms with Gasteiger partial charge in [-0.25, -0.2) is 0 Å². The van der Waals surface area contributed by atoms with Gasteiger partial charge in [-0.1, -0.05) is 43.7 Å². The molecule has 1 aromatic heterocycles. The Morgan fingerprint density at radius 1 is 1.03 bits per heavy atom. The van der Waals surface area contributed by atoms with E-state index < -0.39 is 0 Å². The maximum atomic E-state index is 12.7. The molecular weight excluding hydrogens is 380 g/mol. The number of carbonyl (C=O) groups excluding carboxylic acids is 1. The predicted octanol–water partition coefficient (Wildman–Crippen LogP) is 5.92. The Bertz CT molecular complexity index is 1050. The zero-order chi connectivity index (χ0) is 21.5. The van der Waals surface area contributed by atoms with E-state index in [4.69, 9.17) is 5.10 Å². The molecular formula is C28H36N2O. The molecule has 164 valence electrons. The van der Waals surface area contributed by atoms with Crippen molar-refractivity contribution in [3.8, 4) is 11.3 Å². The number of carbonyl (C=O) groups is 1. The van der Waals surface area contributed by atoms with E-state index in [2.05, 4.69) is 56.8 Å². The number of rotatable bonds is 1. The van der Waals surface area contributed by atoms with E-state index in [1.165, 1.54) is 47.3 Å². The Morgan fingerprint density at radius 3 is 2.58 bits per heavy atom. The van der Waals surface area contributed by atoms with Crippen molar-refractivity contribution in [2.45, 2.75) is 72.1 Å². The van der Waals surface area contributed by atoms with E-state index in [1.54, 1.807) is 0 Å². The van der Waals surface area contributed by atoms with Gasteiger partial charge in [-0.05, 0) is 81.0 Å². The van der Waals surface area contributed by atoms with E-state index in [-0.39, 0.29) is 5.41 Å². The molecule has 0 saturated heterocycles. The third kappa shape index (κ3) is 2.64. The highest BCUT2D eigenvalue weighted by molar-refractivity contribution is 5.87. The summed E-state index contributed by atoms with van der Waals surface area (Å²) in [4.78, 5) is 12.7. The maximum Gasteiger partial charge on any atom is 0.139 e. The number of Topliss-reactive ketones (excluding diaryl/α,β-unsaturated/α-hetero) is 1. The summed E-state index contributed by atoms with van der Waals surface area (Å²) in [6, 6.07) is 8.97. The molecule has 6 rings (SSSR count). The second kappa shape index (κ2) is 6.56. The fraction of sp³-hybridized carbons (Fsp3) is 0.643. The molecule has 0 N–H and O–H groups in total. The van der Waals surface area contributed by atoms with Gasteiger partial charge < -0.3 is 0 Å². The highest BCUT2D eigenvalue weighted by Crippen LogP contribution is 2.65. The van der Waals surface area contributed by atoms with Gasteiger partial charge in [0.05, 0.1) is 11.4 Å². The van der Waals surface area contributed by atoms with Gasteiger partial charge in [0.15, 0.2) is 0 Å². The lowest BCUT2D eigenvalue weighted by atomic mass is 9.45. The quantitative estimate of drug-likeness (QED) is 0.578. The number of benzene rings is 1. The first-order valence-electron chi connectivity index (χ1n) is 12.5. The molecule has 0 unspecified atom stereocenters. The summed E-state index contributed by atoms with van der Waals surface area (Å²) in [6.07, 6.45) is 9.26. The first-order valence-corrected chi connectivity index (χ1v) is 12.5. The van der Waals surface area contributed by atoms with Crippen molar-refractivity contribution in [3.05, 3.63) is 41.1 Å². The van der Waals surface area contributed by atoms with Gasteiger partial charge in [0.25, 0.3) is 0 Å². The number of nitrogens with zero attached hydrogens (tertiary/aromatic N) is 2. The molecule has 1 heterocycles. The van der Waals surface area contributed by atoms with Crippen LogP contribution in [-0.4, -0.2) is 15.6 Å². The summed E-state index contributed by atoms with van der Waals surface area (Å²) in [5.74, 6) is 3.43. The topological polar surface area (TPSA) is 34.9 Å². The van der Waals surface area contributed by atoms with Crippen LogP contribution in [0.15, 0.2) is 24.3 Å². The molecule has 0 radical (unpaired) electrons. The van der Waals surface area contributed by atoms with Crippen LogP contribution in [0.4, 0.5) is 0 Å². The Hall–Kier alpha value is -1.90. The van der Waals surface area contributed by atoms with Crippen molar-refractivity contribution in [1.82, 2.24) is 9.78 Å². The third-order valence-electron chi connectivity index (χ3n) is 10.3. The van der Waals surface area contributed by atoms with Crippen LogP contribution in [0.25, 0.3) is 11.3 Å². The number of ketones is 1. The lowest BCUT2D eigenvalue weighted by molar-refractivity contribution is -0.136. The highest BCUT2D eigenvalue weighted by Gasteiger charge is 2.60. The molecule has 3 saturated carbocycles. The molecule has 1 aromatic carbocycles. The summed E-state index contributed by atoms with van der Waals surface area (Å²) in [5.41, 5.74) is 7.09. The minimum absolute atomic E-state index is 0.0223. The van der Waals surface area contributed by atoms with Crippen molar-refractivity contribution in [3.63, 3.8) is 0 Å². The van der Waals surface area contributed by atoms with Crippen molar-refractivity contribution >= 4 is 5.78 Å². The summed E-state index contributed by atoms with van der Waals surface area (Å²) in [7, 11) is 2.12. The van der Waals surface area contributed by atoms with Gasteiger partial charge in [-0.2, -0.15) is 5.10 Å². The predicted molar refractivity (Wildman–Crippen MR) is 124 cm³/mol. The maximum absolute atomic E-state index is 12.7. The molecule has 0 amide bonds. The number of aromatic nitrogens is 2. The summed E-state index contributed by atoms with van der Waals surface area (Å²) < 4.78 is 2.14. The third-order valence-corrected chi connectivity index (χ3v) is 10.3. The lowest BCUT2D eigenvalue weighted by Gasteiger charge is -2.59. The minimum atomic E-state index is -0.0223. The summed E-state index contributed by atoms with van der Waals surface area (Å²) in [6.45, 7) is 7.05. The average molecular weight is 417 g/mol. The van der Waals surface area contributed by atoms with Gasteiger partial charge in [0.2, 0.25) is 0 Å². The van der Waals surface area contributed by atoms with E-state index in [0.717, 1.165) is 49.9 Å². The zero-order valence-corrected chi connectivity index (χ0v) is 19.6. The number of hydrogen-bond donors (Lipinski definition) is 0. The van der Waals surface area contributed by atoms with Crippen LogP contribution in [-0.2, 0) is 24.7 Å². The fourth-order valence-corrected chi connectivity index (χ4v) is 8.58. The van der Waals surface area contributed by atoms with Gasteiger partial charge in [0.1, 0.15) is 5.78 Å². The minimum Gasteiger partial charge on any atom is -0.299 e. The van der Waals surface area contributed by atoms with Crippen LogP contribution in [0.1, 0.15) is 69.2 Å². The molecule has 4 aliphatic rings. The van der Waals surface area contributed by atoms with Crippen molar-refractivity contribution in [2.75, 3.05) is 0 Å². The average Bonchev–Trinajstić information content (AvgIpc) is 3.22. The molecule has 6 atom stereocenters. The second-order valence-electron chi connectivity index (χ2n) is 11.7. The molecule has 2 aromatic rings. The van der Waals surface area contributed by atoms with Gasteiger partial charge >= 0.3 is 0 Å². The Labute approximate surface area is 186 Å². The molecule has 3 fully saturated rings. The number of aryl methyl sites for hydroxylation is 2. The van der Waals surface area contributed by atoms with Crippen LogP contribution in [0, 0.1) is 41.4 Å². The Kier molecular flexibility index (Phi) is 4.18. The van der Waals surface area contributed by atoms with E-state index in [0.29, 0.717) is 17.1 Å². The first kappa shape index (κ1) is 19.8. The normalized spacial score (nSPS) is 38.9. The molecule has 4 aliphatic carbocycles. The van der Waals surface area contributed by atoms with Crippen LogP contribution in [0.5, 0.6) is 0 Å². The largest absolute Gasteiger partial charge is 0.299 e. The van der Waals surface area contributed by atoms with E-state index >= 15 is 0 Å². The second-order valence-corrected chi connectivity index (χ2v) is 11.7. The molecule has 0 spiro atoms. The van der Waals surface area contributed by atoms with E-state index in [9.17, 15) is 4.79 Å². The molecule has 3 heteroatoms. The van der Waals surface area contributed by atoms with Crippen LogP contribution < -0.4 is 0 Å². The zero-order valence-electron chi connectivity index (χ0n) is 19.6. The molecule has 31 heavy (non-hydrogen) atoms. The van der Waals surface area contributed by atoms with Crippen LogP contribution in [0.3, 0.4) is 0 Å². The van der Waals surface area contributed by atoms with Crippen molar-refractivity contribution in [2.24, 2.45) is 41.5 Å². The fourth-order valence-electron chi connectivity index (χ4n) is 8.58. The van der Waals surface area contributed by atoms with Crippen LogP contribution in [0.2, 0.25) is 0 Å². The molecule has 0 bridgehead atoms. The SMILES string of the molecule is Cc1ccc(-c2c3c(nn2C)C[C@@H]2CC[C@@H]4[C@H](CC[C@]5(C)C(=O)CC[C@@H]45)[C@@]2(C)C3)cc1. The lowest BCUT2D eigenvalue weighted by Crippen LogP contribution is -2.54. The van der Waals surface area contributed by atoms with E-state index in [1.807, 2.05) is 0 Å². The summed E-state index contributed by atoms with van der Waals surface area (Å²) >= 11 is 0. The Morgan fingerprint density at radius 2 is 1.81 bits per heavy atom. The smallest absolute Gasteiger partial charge is 0.139 e. The monoisotopic (exact) mass is 416 g/mol. The summed E-state index contributed by atoms with van der Waals surface area (Å²) in [5, 5.41) is 5.02. The van der Waals surface area contributed by atoms with Gasteiger partial charge in [-0.15, -0.1) is 0 Å². The molecule has 3 nitrogen and oxygen atoms in total. The highest BCUT2D eigenvalue weighted by atomic mass is 16.1. The molecule has 0 aliphatic heterocycles. The number of fused-ring (bicyclic) bond motifs is 6. The number of hydrogen-bond acceptors (Lipinski definition) is 2. The van der Waals surface area contributed by atoms with Gasteiger partial charge in [-0.3, -0.25) is 9.48 Å². The first-order chi connectivity index (χ1) is 14.8. The van der Waals surface area contributed by atoms with Crippen molar-refractivity contribution in [1.29, 1.82) is 0 Å².